The van der Waals surface area contributed by atoms with Crippen LogP contribution in [0.2, 0.25) is 5.02 Å². The zero-order valence-corrected chi connectivity index (χ0v) is 17.0. The molecule has 0 fully saturated rings. The van der Waals surface area contributed by atoms with Crippen molar-refractivity contribution in [1.29, 1.82) is 0 Å². The van der Waals surface area contributed by atoms with Crippen molar-refractivity contribution in [1.82, 2.24) is 10.6 Å². The van der Waals surface area contributed by atoms with Gasteiger partial charge in [-0.15, -0.1) is 0 Å². The van der Waals surface area contributed by atoms with Crippen molar-refractivity contribution in [3.63, 3.8) is 0 Å². The molecule has 28 heavy (non-hydrogen) atoms. The van der Waals surface area contributed by atoms with E-state index < -0.39 is 6.10 Å². The molecule has 0 spiro atoms. The highest BCUT2D eigenvalue weighted by Gasteiger charge is 2.14. The predicted octanol–water partition coefficient (Wildman–Crippen LogP) is 3.04. The number of rotatable bonds is 9. The number of hydrogen-bond donors (Lipinski definition) is 2. The summed E-state index contributed by atoms with van der Waals surface area (Å²) in [6.45, 7) is 6.17. The lowest BCUT2D eigenvalue weighted by Gasteiger charge is -2.15. The Labute approximate surface area is 170 Å². The van der Waals surface area contributed by atoms with E-state index in [0.29, 0.717) is 29.6 Å². The molecule has 0 radical (unpaired) electrons. The molecule has 7 heteroatoms. The Kier molecular flexibility index (Phi) is 8.14. The van der Waals surface area contributed by atoms with E-state index in [-0.39, 0.29) is 18.4 Å². The molecule has 1 unspecified atom stereocenters. The zero-order valence-electron chi connectivity index (χ0n) is 16.3. The minimum atomic E-state index is -0.662. The number of benzene rings is 2. The van der Waals surface area contributed by atoms with Crippen LogP contribution in [0.5, 0.6) is 11.5 Å². The van der Waals surface area contributed by atoms with E-state index in [2.05, 4.69) is 10.6 Å². The smallest absolute Gasteiger partial charge is 0.260 e. The van der Waals surface area contributed by atoms with Gasteiger partial charge >= 0.3 is 0 Å². The van der Waals surface area contributed by atoms with Crippen LogP contribution in [-0.2, 0) is 9.59 Å². The average molecular weight is 405 g/mol. The second kappa shape index (κ2) is 10.6. The summed E-state index contributed by atoms with van der Waals surface area (Å²) in [5.74, 6) is 0.692. The summed E-state index contributed by atoms with van der Waals surface area (Å²) in [4.78, 5) is 23.9. The first-order chi connectivity index (χ1) is 13.3. The van der Waals surface area contributed by atoms with Crippen LogP contribution in [0.1, 0.15) is 18.1 Å². The summed E-state index contributed by atoms with van der Waals surface area (Å²) in [7, 11) is 0. The number of hydrogen-bond acceptors (Lipinski definition) is 4. The first-order valence-corrected chi connectivity index (χ1v) is 9.39. The van der Waals surface area contributed by atoms with E-state index in [9.17, 15) is 9.59 Å². The SMILES string of the molecule is Cc1ccc(OCC(=O)NCCNC(=O)C(C)Oc2ccc(Cl)cc2)cc1C. The lowest BCUT2D eigenvalue weighted by molar-refractivity contribution is -0.127. The van der Waals surface area contributed by atoms with Gasteiger partial charge in [-0.3, -0.25) is 9.59 Å². The maximum atomic E-state index is 12.0. The van der Waals surface area contributed by atoms with Crippen molar-refractivity contribution in [2.75, 3.05) is 19.7 Å². The van der Waals surface area contributed by atoms with Gasteiger partial charge in [0.1, 0.15) is 11.5 Å². The average Bonchev–Trinajstić information content (AvgIpc) is 2.67. The van der Waals surface area contributed by atoms with Crippen LogP contribution in [0.3, 0.4) is 0 Å². The summed E-state index contributed by atoms with van der Waals surface area (Å²) in [5, 5.41) is 6.01. The Morgan fingerprint density at radius 1 is 0.964 bits per heavy atom. The quantitative estimate of drug-likeness (QED) is 0.630. The largest absolute Gasteiger partial charge is 0.484 e. The molecular weight excluding hydrogens is 380 g/mol. The molecule has 1 atom stereocenters. The molecule has 2 rings (SSSR count). The normalized spacial score (nSPS) is 11.4. The van der Waals surface area contributed by atoms with Gasteiger partial charge in [-0.1, -0.05) is 17.7 Å². The lowest BCUT2D eigenvalue weighted by Crippen LogP contribution is -2.41. The Balaban J connectivity index is 1.62. The molecule has 0 saturated heterocycles. The van der Waals surface area contributed by atoms with E-state index in [1.54, 1.807) is 31.2 Å². The number of halogens is 1. The van der Waals surface area contributed by atoms with Crippen LogP contribution in [0.15, 0.2) is 42.5 Å². The number of amides is 2. The molecule has 2 N–H and O–H groups in total. The molecule has 2 aromatic rings. The van der Waals surface area contributed by atoms with Crippen molar-refractivity contribution in [3.05, 3.63) is 58.6 Å². The zero-order chi connectivity index (χ0) is 20.5. The Morgan fingerprint density at radius 2 is 1.61 bits per heavy atom. The molecule has 0 aromatic heterocycles. The van der Waals surface area contributed by atoms with Gasteiger partial charge in [0, 0.05) is 18.1 Å². The summed E-state index contributed by atoms with van der Waals surface area (Å²) in [5.41, 5.74) is 2.28. The molecule has 2 amide bonds. The summed E-state index contributed by atoms with van der Waals surface area (Å²) in [6, 6.07) is 12.5. The van der Waals surface area contributed by atoms with Crippen LogP contribution in [-0.4, -0.2) is 37.6 Å². The first kappa shape index (κ1) is 21.6. The van der Waals surface area contributed by atoms with Crippen molar-refractivity contribution in [3.8, 4) is 11.5 Å². The molecule has 150 valence electrons. The number of carbonyl (C=O) groups excluding carboxylic acids is 2. The molecule has 2 aromatic carbocycles. The number of nitrogens with one attached hydrogen (secondary N) is 2. The van der Waals surface area contributed by atoms with Crippen LogP contribution >= 0.6 is 11.6 Å². The summed E-state index contributed by atoms with van der Waals surface area (Å²) < 4.78 is 11.0. The molecule has 0 heterocycles. The maximum Gasteiger partial charge on any atom is 0.260 e. The maximum absolute atomic E-state index is 12.0. The third-order valence-corrected chi connectivity index (χ3v) is 4.34. The monoisotopic (exact) mass is 404 g/mol. The predicted molar refractivity (Wildman–Crippen MR) is 109 cm³/mol. The minimum absolute atomic E-state index is 0.0769. The van der Waals surface area contributed by atoms with E-state index >= 15 is 0 Å². The number of aryl methyl sites for hydroxylation is 2. The fourth-order valence-corrected chi connectivity index (χ4v) is 2.43. The minimum Gasteiger partial charge on any atom is -0.484 e. The molecule has 0 aliphatic heterocycles. The Bertz CT molecular complexity index is 809. The highest BCUT2D eigenvalue weighted by atomic mass is 35.5. The lowest BCUT2D eigenvalue weighted by atomic mass is 10.1. The third kappa shape index (κ3) is 7.12. The highest BCUT2D eigenvalue weighted by Crippen LogP contribution is 2.17. The van der Waals surface area contributed by atoms with Gasteiger partial charge in [-0.25, -0.2) is 0 Å². The number of carbonyl (C=O) groups is 2. The fraction of sp³-hybridized carbons (Fsp3) is 0.333. The molecule has 0 aliphatic carbocycles. The second-order valence-corrected chi connectivity index (χ2v) is 6.83. The summed E-state index contributed by atoms with van der Waals surface area (Å²) in [6.07, 6.45) is -0.662. The first-order valence-electron chi connectivity index (χ1n) is 9.02. The van der Waals surface area contributed by atoms with Gasteiger partial charge in [0.15, 0.2) is 12.7 Å². The number of ether oxygens (including phenoxy) is 2. The van der Waals surface area contributed by atoms with Gasteiger partial charge in [0.05, 0.1) is 0 Å². The molecule has 0 saturated carbocycles. The second-order valence-electron chi connectivity index (χ2n) is 6.39. The molecule has 0 bridgehead atoms. The van der Waals surface area contributed by atoms with Gasteiger partial charge in [-0.2, -0.15) is 0 Å². The van der Waals surface area contributed by atoms with Crippen LogP contribution in [0.4, 0.5) is 0 Å². The highest BCUT2D eigenvalue weighted by molar-refractivity contribution is 6.30. The van der Waals surface area contributed by atoms with Crippen molar-refractivity contribution in [2.45, 2.75) is 26.9 Å². The van der Waals surface area contributed by atoms with Crippen LogP contribution < -0.4 is 20.1 Å². The molecular formula is C21H25ClN2O4. The molecule has 0 aliphatic rings. The summed E-state index contributed by atoms with van der Waals surface area (Å²) >= 11 is 5.81. The topological polar surface area (TPSA) is 76.7 Å². The van der Waals surface area contributed by atoms with Crippen molar-refractivity contribution >= 4 is 23.4 Å². The van der Waals surface area contributed by atoms with Crippen molar-refractivity contribution < 1.29 is 19.1 Å². The van der Waals surface area contributed by atoms with Gasteiger partial charge < -0.3 is 20.1 Å². The van der Waals surface area contributed by atoms with E-state index in [1.807, 2.05) is 32.0 Å². The van der Waals surface area contributed by atoms with Gasteiger partial charge in [-0.05, 0) is 68.3 Å². The Hall–Kier alpha value is -2.73. The van der Waals surface area contributed by atoms with Crippen LogP contribution in [0, 0.1) is 13.8 Å². The van der Waals surface area contributed by atoms with Crippen LogP contribution in [0.25, 0.3) is 0 Å². The molecule has 6 nitrogen and oxygen atoms in total. The van der Waals surface area contributed by atoms with E-state index in [4.69, 9.17) is 21.1 Å². The standard InChI is InChI=1S/C21H25ClN2O4/c1-14-4-7-19(12-15(14)2)27-13-20(25)23-10-11-24-21(26)16(3)28-18-8-5-17(22)6-9-18/h4-9,12,16H,10-11,13H2,1-3H3,(H,23,25)(H,24,26). The van der Waals surface area contributed by atoms with Crippen molar-refractivity contribution in [2.24, 2.45) is 0 Å². The Morgan fingerprint density at radius 3 is 2.29 bits per heavy atom. The van der Waals surface area contributed by atoms with E-state index in [1.165, 1.54) is 5.56 Å². The van der Waals surface area contributed by atoms with Gasteiger partial charge in [0.25, 0.3) is 11.8 Å². The fourth-order valence-electron chi connectivity index (χ4n) is 2.31. The van der Waals surface area contributed by atoms with E-state index in [0.717, 1.165) is 5.56 Å². The van der Waals surface area contributed by atoms with Gasteiger partial charge in [0.2, 0.25) is 0 Å². The third-order valence-electron chi connectivity index (χ3n) is 4.09.